The third kappa shape index (κ3) is 4.10. The van der Waals surface area contributed by atoms with Gasteiger partial charge in [0, 0.05) is 24.7 Å². The Hall–Kier alpha value is -2.53. The SMILES string of the molecule is COc1cccc(C(=O)NC2CC3CCC(C2)N3Cc2cccc(C)c2)c1OC. The molecule has 5 heteroatoms. The maximum absolute atomic E-state index is 12.9. The summed E-state index contributed by atoms with van der Waals surface area (Å²) in [6.07, 6.45) is 4.43. The highest BCUT2D eigenvalue weighted by Gasteiger charge is 2.41. The van der Waals surface area contributed by atoms with Crippen LogP contribution >= 0.6 is 0 Å². The van der Waals surface area contributed by atoms with E-state index in [1.807, 2.05) is 6.07 Å². The standard InChI is InChI=1S/C24H30N2O3/c1-16-6-4-7-17(12-16)15-26-19-10-11-20(26)14-18(13-19)25-24(27)21-8-5-9-22(28-2)23(21)29-3/h4-9,12,18-20H,10-11,13-15H2,1-3H3,(H,25,27). The van der Waals surface area contributed by atoms with E-state index in [1.165, 1.54) is 24.0 Å². The number of hydrogen-bond acceptors (Lipinski definition) is 4. The largest absolute Gasteiger partial charge is 0.493 e. The zero-order valence-corrected chi connectivity index (χ0v) is 17.5. The number of hydrogen-bond donors (Lipinski definition) is 1. The highest BCUT2D eigenvalue weighted by molar-refractivity contribution is 5.98. The fourth-order valence-corrected chi connectivity index (χ4v) is 5.00. The molecule has 0 radical (unpaired) electrons. The summed E-state index contributed by atoms with van der Waals surface area (Å²) in [5, 5.41) is 3.25. The third-order valence-electron chi connectivity index (χ3n) is 6.31. The molecule has 2 atom stereocenters. The first kappa shape index (κ1) is 19.8. The highest BCUT2D eigenvalue weighted by Crippen LogP contribution is 2.37. The molecule has 1 N–H and O–H groups in total. The molecule has 0 spiro atoms. The molecule has 4 rings (SSSR count). The lowest BCUT2D eigenvalue weighted by Crippen LogP contribution is -2.50. The van der Waals surface area contributed by atoms with Crippen LogP contribution in [0.1, 0.15) is 47.2 Å². The molecule has 2 heterocycles. The summed E-state index contributed by atoms with van der Waals surface area (Å²) in [7, 11) is 3.15. The van der Waals surface area contributed by atoms with E-state index in [0.717, 1.165) is 19.4 Å². The summed E-state index contributed by atoms with van der Waals surface area (Å²) in [4.78, 5) is 15.6. The van der Waals surface area contributed by atoms with Crippen LogP contribution < -0.4 is 14.8 Å². The summed E-state index contributed by atoms with van der Waals surface area (Å²) in [6, 6.07) is 15.5. The van der Waals surface area contributed by atoms with Gasteiger partial charge >= 0.3 is 0 Å². The number of carbonyl (C=O) groups is 1. The van der Waals surface area contributed by atoms with Gasteiger partial charge in [0.25, 0.3) is 5.91 Å². The van der Waals surface area contributed by atoms with Gasteiger partial charge in [-0.2, -0.15) is 0 Å². The van der Waals surface area contributed by atoms with Crippen molar-refractivity contribution in [3.05, 3.63) is 59.2 Å². The van der Waals surface area contributed by atoms with Crippen LogP contribution in [0, 0.1) is 6.92 Å². The Morgan fingerprint density at radius 3 is 2.45 bits per heavy atom. The molecule has 2 aliphatic rings. The molecule has 154 valence electrons. The zero-order valence-electron chi connectivity index (χ0n) is 17.5. The first-order valence-corrected chi connectivity index (χ1v) is 10.4. The van der Waals surface area contributed by atoms with Gasteiger partial charge in [0.1, 0.15) is 0 Å². The van der Waals surface area contributed by atoms with E-state index in [2.05, 4.69) is 41.4 Å². The van der Waals surface area contributed by atoms with Crippen LogP contribution in [0.15, 0.2) is 42.5 Å². The number of ether oxygens (including phenoxy) is 2. The van der Waals surface area contributed by atoms with Crippen molar-refractivity contribution in [2.24, 2.45) is 0 Å². The number of rotatable bonds is 6. The van der Waals surface area contributed by atoms with Crippen molar-refractivity contribution < 1.29 is 14.3 Å². The Kier molecular flexibility index (Phi) is 5.76. The van der Waals surface area contributed by atoms with Crippen LogP contribution in [0.25, 0.3) is 0 Å². The second kappa shape index (κ2) is 8.46. The predicted octanol–water partition coefficient (Wildman–Crippen LogP) is 3.94. The van der Waals surface area contributed by atoms with Gasteiger partial charge in [-0.1, -0.05) is 35.9 Å². The summed E-state index contributed by atoms with van der Waals surface area (Å²) in [6.45, 7) is 3.15. The van der Waals surface area contributed by atoms with Crippen molar-refractivity contribution >= 4 is 5.91 Å². The Bertz CT molecular complexity index is 868. The minimum atomic E-state index is -0.0858. The Labute approximate surface area is 173 Å². The van der Waals surface area contributed by atoms with Crippen LogP contribution in [-0.2, 0) is 6.54 Å². The fourth-order valence-electron chi connectivity index (χ4n) is 5.00. The number of carbonyl (C=O) groups excluding carboxylic acids is 1. The molecule has 2 aliphatic heterocycles. The molecule has 2 fully saturated rings. The van der Waals surface area contributed by atoms with Crippen molar-refractivity contribution in [1.29, 1.82) is 0 Å². The molecule has 2 bridgehead atoms. The average molecular weight is 395 g/mol. The van der Waals surface area contributed by atoms with Crippen LogP contribution in [0.2, 0.25) is 0 Å². The molecule has 0 aliphatic carbocycles. The number of para-hydroxylation sites is 1. The van der Waals surface area contributed by atoms with Gasteiger partial charge in [-0.3, -0.25) is 9.69 Å². The van der Waals surface area contributed by atoms with Crippen molar-refractivity contribution in [3.63, 3.8) is 0 Å². The van der Waals surface area contributed by atoms with Crippen molar-refractivity contribution in [3.8, 4) is 11.5 Å². The highest BCUT2D eigenvalue weighted by atomic mass is 16.5. The number of nitrogens with zero attached hydrogens (tertiary/aromatic N) is 1. The van der Waals surface area contributed by atoms with E-state index in [4.69, 9.17) is 9.47 Å². The Morgan fingerprint density at radius 2 is 1.79 bits per heavy atom. The molecule has 0 aromatic heterocycles. The number of methoxy groups -OCH3 is 2. The topological polar surface area (TPSA) is 50.8 Å². The molecular formula is C24H30N2O3. The average Bonchev–Trinajstić information content (AvgIpc) is 2.95. The minimum Gasteiger partial charge on any atom is -0.493 e. The maximum atomic E-state index is 12.9. The lowest BCUT2D eigenvalue weighted by molar-refractivity contribution is 0.0825. The second-order valence-corrected chi connectivity index (χ2v) is 8.23. The van der Waals surface area contributed by atoms with Crippen molar-refractivity contribution in [2.75, 3.05) is 14.2 Å². The quantitative estimate of drug-likeness (QED) is 0.806. The van der Waals surface area contributed by atoms with E-state index in [-0.39, 0.29) is 11.9 Å². The van der Waals surface area contributed by atoms with Crippen LogP contribution in [-0.4, -0.2) is 43.2 Å². The smallest absolute Gasteiger partial charge is 0.255 e. The molecule has 29 heavy (non-hydrogen) atoms. The van der Waals surface area contributed by atoms with Gasteiger partial charge in [0.05, 0.1) is 19.8 Å². The first-order valence-electron chi connectivity index (χ1n) is 10.4. The molecule has 0 saturated carbocycles. The molecule has 5 nitrogen and oxygen atoms in total. The van der Waals surface area contributed by atoms with Gasteiger partial charge in [-0.05, 0) is 50.3 Å². The second-order valence-electron chi connectivity index (χ2n) is 8.23. The monoisotopic (exact) mass is 394 g/mol. The van der Waals surface area contributed by atoms with Crippen LogP contribution in [0.5, 0.6) is 11.5 Å². The van der Waals surface area contributed by atoms with Crippen LogP contribution in [0.3, 0.4) is 0 Å². The number of fused-ring (bicyclic) bond motifs is 2. The van der Waals surface area contributed by atoms with Gasteiger partial charge in [-0.25, -0.2) is 0 Å². The Morgan fingerprint density at radius 1 is 1.07 bits per heavy atom. The van der Waals surface area contributed by atoms with Crippen molar-refractivity contribution in [2.45, 2.75) is 57.3 Å². The fraction of sp³-hybridized carbons (Fsp3) is 0.458. The lowest BCUT2D eigenvalue weighted by atomic mass is 9.96. The molecule has 2 saturated heterocycles. The number of piperidine rings is 1. The summed E-state index contributed by atoms with van der Waals surface area (Å²) >= 11 is 0. The van der Waals surface area contributed by atoms with E-state index < -0.39 is 0 Å². The molecule has 2 aromatic rings. The number of nitrogens with one attached hydrogen (secondary N) is 1. The predicted molar refractivity (Wildman–Crippen MR) is 114 cm³/mol. The maximum Gasteiger partial charge on any atom is 0.255 e. The molecule has 2 aromatic carbocycles. The summed E-state index contributed by atoms with van der Waals surface area (Å²) in [5.41, 5.74) is 3.22. The Balaban J connectivity index is 1.42. The van der Waals surface area contributed by atoms with Gasteiger partial charge < -0.3 is 14.8 Å². The van der Waals surface area contributed by atoms with E-state index in [1.54, 1.807) is 26.4 Å². The first-order chi connectivity index (χ1) is 14.1. The summed E-state index contributed by atoms with van der Waals surface area (Å²) in [5.74, 6) is 0.984. The third-order valence-corrected chi connectivity index (χ3v) is 6.31. The van der Waals surface area contributed by atoms with E-state index in [0.29, 0.717) is 29.1 Å². The number of amides is 1. The van der Waals surface area contributed by atoms with Crippen LogP contribution in [0.4, 0.5) is 0 Å². The minimum absolute atomic E-state index is 0.0858. The van der Waals surface area contributed by atoms with Gasteiger partial charge in [-0.15, -0.1) is 0 Å². The lowest BCUT2D eigenvalue weighted by Gasteiger charge is -2.39. The van der Waals surface area contributed by atoms with E-state index in [9.17, 15) is 4.79 Å². The van der Waals surface area contributed by atoms with Gasteiger partial charge in [0.15, 0.2) is 11.5 Å². The number of aryl methyl sites for hydroxylation is 1. The molecule has 2 unspecified atom stereocenters. The van der Waals surface area contributed by atoms with Gasteiger partial charge in [0.2, 0.25) is 0 Å². The normalized spacial score (nSPS) is 23.6. The molecular weight excluding hydrogens is 364 g/mol. The molecule has 1 amide bonds. The zero-order chi connectivity index (χ0) is 20.4. The van der Waals surface area contributed by atoms with E-state index >= 15 is 0 Å². The number of benzene rings is 2. The van der Waals surface area contributed by atoms with Crippen molar-refractivity contribution in [1.82, 2.24) is 10.2 Å². The summed E-state index contributed by atoms with van der Waals surface area (Å²) < 4.78 is 10.8.